The summed E-state index contributed by atoms with van der Waals surface area (Å²) in [5.41, 5.74) is 5.47. The van der Waals surface area contributed by atoms with Crippen LogP contribution in [0.15, 0.2) is 65.6 Å². The van der Waals surface area contributed by atoms with Gasteiger partial charge in [-0.2, -0.15) is 10.2 Å². The number of rotatable bonds is 4. The zero-order valence-electron chi connectivity index (χ0n) is 19.5. The third kappa shape index (κ3) is 4.04. The highest BCUT2D eigenvalue weighted by atomic mass is 16.5. The zero-order chi connectivity index (χ0) is 23.1. The average Bonchev–Trinajstić information content (AvgIpc) is 3.18. The number of hydrogen-bond acceptors (Lipinski definition) is 5. The van der Waals surface area contributed by atoms with Crippen LogP contribution >= 0.6 is 0 Å². The predicted molar refractivity (Wildman–Crippen MR) is 131 cm³/mol. The van der Waals surface area contributed by atoms with Crippen molar-refractivity contribution in [2.75, 3.05) is 18.0 Å². The SMILES string of the molecule is CC(C)n1nc(-c2c(-c3ccccc3)nn3cc(N4C[C@@H](C)O[C@@H](C)C4)ccc23)ccc1=O. The van der Waals surface area contributed by atoms with E-state index in [-0.39, 0.29) is 23.8 Å². The van der Waals surface area contributed by atoms with Crippen molar-refractivity contribution < 1.29 is 4.74 Å². The first kappa shape index (κ1) is 21.4. The summed E-state index contributed by atoms with van der Waals surface area (Å²) in [5.74, 6) is 0. The third-order valence-corrected chi connectivity index (χ3v) is 6.02. The Morgan fingerprint density at radius 3 is 2.36 bits per heavy atom. The van der Waals surface area contributed by atoms with E-state index in [4.69, 9.17) is 14.9 Å². The van der Waals surface area contributed by atoms with Gasteiger partial charge in [-0.1, -0.05) is 30.3 Å². The number of anilines is 1. The van der Waals surface area contributed by atoms with Gasteiger partial charge >= 0.3 is 0 Å². The molecular formula is C26H29N5O2. The van der Waals surface area contributed by atoms with Crippen LogP contribution in [0.5, 0.6) is 0 Å². The third-order valence-electron chi connectivity index (χ3n) is 6.02. The molecule has 3 aromatic heterocycles. The second-order valence-corrected chi connectivity index (χ2v) is 9.06. The van der Waals surface area contributed by atoms with Crippen LogP contribution in [0.2, 0.25) is 0 Å². The second kappa shape index (κ2) is 8.48. The lowest BCUT2D eigenvalue weighted by Gasteiger charge is -2.36. The van der Waals surface area contributed by atoms with Gasteiger partial charge in [-0.25, -0.2) is 9.20 Å². The molecule has 1 aromatic carbocycles. The highest BCUT2D eigenvalue weighted by Gasteiger charge is 2.24. The van der Waals surface area contributed by atoms with Gasteiger partial charge in [0.15, 0.2) is 0 Å². The molecule has 4 aromatic rings. The van der Waals surface area contributed by atoms with E-state index in [0.29, 0.717) is 0 Å². The molecule has 0 saturated carbocycles. The minimum absolute atomic E-state index is 0.0311. The summed E-state index contributed by atoms with van der Waals surface area (Å²) >= 11 is 0. The molecule has 1 aliphatic heterocycles. The largest absolute Gasteiger partial charge is 0.372 e. The summed E-state index contributed by atoms with van der Waals surface area (Å²) < 4.78 is 9.37. The van der Waals surface area contributed by atoms with Crippen LogP contribution in [-0.2, 0) is 4.74 Å². The van der Waals surface area contributed by atoms with Gasteiger partial charge in [0.1, 0.15) is 5.69 Å². The van der Waals surface area contributed by atoms with Crippen LogP contribution in [-0.4, -0.2) is 44.7 Å². The molecule has 1 aliphatic rings. The molecule has 7 heteroatoms. The number of hydrogen-bond donors (Lipinski definition) is 0. The minimum Gasteiger partial charge on any atom is -0.372 e. The smallest absolute Gasteiger partial charge is 0.267 e. The van der Waals surface area contributed by atoms with Gasteiger partial charge in [-0.3, -0.25) is 4.79 Å². The standard InChI is InChI=1S/C26H29N5O2/c1-17(2)31-24(32)13-11-22(27-31)25-23-12-10-21(29-14-18(3)33-19(4)15-29)16-30(23)28-26(25)20-8-6-5-7-9-20/h5-13,16-19H,14-15H2,1-4H3/t18-,19+. The summed E-state index contributed by atoms with van der Waals surface area (Å²) in [6, 6.07) is 17.7. The Morgan fingerprint density at radius 2 is 1.67 bits per heavy atom. The highest BCUT2D eigenvalue weighted by molar-refractivity contribution is 5.91. The van der Waals surface area contributed by atoms with Crippen LogP contribution in [0.25, 0.3) is 28.0 Å². The van der Waals surface area contributed by atoms with Gasteiger partial charge in [0.05, 0.1) is 46.9 Å². The number of benzene rings is 1. The number of morpholine rings is 1. The average molecular weight is 444 g/mol. The predicted octanol–water partition coefficient (Wildman–Crippen LogP) is 4.42. The maximum absolute atomic E-state index is 12.3. The van der Waals surface area contributed by atoms with Crippen LogP contribution in [0.4, 0.5) is 5.69 Å². The van der Waals surface area contributed by atoms with Gasteiger partial charge in [-0.15, -0.1) is 0 Å². The number of fused-ring (bicyclic) bond motifs is 1. The van der Waals surface area contributed by atoms with Crippen molar-refractivity contribution in [2.45, 2.75) is 45.9 Å². The Morgan fingerprint density at radius 1 is 0.939 bits per heavy atom. The van der Waals surface area contributed by atoms with Crippen molar-refractivity contribution in [3.8, 4) is 22.5 Å². The summed E-state index contributed by atoms with van der Waals surface area (Å²) in [5, 5.41) is 9.69. The fraction of sp³-hybridized carbons (Fsp3) is 0.346. The minimum atomic E-state index is -0.107. The molecule has 7 nitrogen and oxygen atoms in total. The van der Waals surface area contributed by atoms with Crippen molar-refractivity contribution in [1.29, 1.82) is 0 Å². The fourth-order valence-corrected chi connectivity index (χ4v) is 4.59. The molecule has 0 radical (unpaired) electrons. The Labute approximate surface area is 193 Å². The molecule has 0 amide bonds. The summed E-state index contributed by atoms with van der Waals surface area (Å²) in [7, 11) is 0. The molecule has 0 spiro atoms. The molecule has 1 fully saturated rings. The van der Waals surface area contributed by atoms with Gasteiger partial charge in [0.2, 0.25) is 0 Å². The molecule has 2 atom stereocenters. The first-order chi connectivity index (χ1) is 15.9. The van der Waals surface area contributed by atoms with Crippen LogP contribution in [0.3, 0.4) is 0 Å². The van der Waals surface area contributed by atoms with Crippen LogP contribution in [0, 0.1) is 0 Å². The summed E-state index contributed by atoms with van der Waals surface area (Å²) in [6.07, 6.45) is 2.44. The summed E-state index contributed by atoms with van der Waals surface area (Å²) in [4.78, 5) is 14.7. The summed E-state index contributed by atoms with van der Waals surface area (Å²) in [6.45, 7) is 9.82. The fourth-order valence-electron chi connectivity index (χ4n) is 4.59. The number of ether oxygens (including phenoxy) is 1. The maximum Gasteiger partial charge on any atom is 0.267 e. The highest BCUT2D eigenvalue weighted by Crippen LogP contribution is 2.35. The van der Waals surface area contributed by atoms with Gasteiger partial charge < -0.3 is 9.64 Å². The molecule has 0 unspecified atom stereocenters. The lowest BCUT2D eigenvalue weighted by molar-refractivity contribution is -0.00524. The molecule has 0 N–H and O–H groups in total. The normalized spacial score (nSPS) is 18.9. The van der Waals surface area contributed by atoms with Crippen molar-refractivity contribution in [2.24, 2.45) is 0 Å². The maximum atomic E-state index is 12.3. The first-order valence-electron chi connectivity index (χ1n) is 11.5. The second-order valence-electron chi connectivity index (χ2n) is 9.06. The van der Waals surface area contributed by atoms with E-state index >= 15 is 0 Å². The van der Waals surface area contributed by atoms with Gasteiger partial charge in [0, 0.05) is 24.7 Å². The monoisotopic (exact) mass is 443 g/mol. The van der Waals surface area contributed by atoms with Crippen LogP contribution < -0.4 is 10.5 Å². The Hall–Kier alpha value is -3.45. The molecule has 33 heavy (non-hydrogen) atoms. The van der Waals surface area contributed by atoms with E-state index in [9.17, 15) is 4.79 Å². The lowest BCUT2D eigenvalue weighted by Crippen LogP contribution is -2.45. The van der Waals surface area contributed by atoms with E-state index in [0.717, 1.165) is 46.8 Å². The quantitative estimate of drug-likeness (QED) is 0.467. The molecule has 1 saturated heterocycles. The van der Waals surface area contributed by atoms with E-state index < -0.39 is 0 Å². The van der Waals surface area contributed by atoms with Gasteiger partial charge in [-0.05, 0) is 45.9 Å². The number of aromatic nitrogens is 4. The Bertz CT molecular complexity index is 1330. The van der Waals surface area contributed by atoms with Gasteiger partial charge in [0.25, 0.3) is 5.56 Å². The van der Waals surface area contributed by atoms with E-state index in [2.05, 4.69) is 49.2 Å². The number of pyridine rings is 1. The molecule has 0 aliphatic carbocycles. The van der Waals surface area contributed by atoms with Crippen molar-refractivity contribution >= 4 is 11.2 Å². The molecule has 0 bridgehead atoms. The number of nitrogens with zero attached hydrogens (tertiary/aromatic N) is 5. The van der Waals surface area contributed by atoms with Crippen molar-refractivity contribution in [3.05, 3.63) is 71.1 Å². The van der Waals surface area contributed by atoms with E-state index in [1.165, 1.54) is 4.68 Å². The first-order valence-corrected chi connectivity index (χ1v) is 11.5. The topological polar surface area (TPSA) is 64.7 Å². The molecule has 170 valence electrons. The van der Waals surface area contributed by atoms with Crippen molar-refractivity contribution in [3.63, 3.8) is 0 Å². The zero-order valence-corrected chi connectivity index (χ0v) is 19.5. The van der Waals surface area contributed by atoms with Crippen molar-refractivity contribution in [1.82, 2.24) is 19.4 Å². The Balaban J connectivity index is 1.69. The molecular weight excluding hydrogens is 414 g/mol. The molecule has 5 rings (SSSR count). The Kier molecular flexibility index (Phi) is 5.50. The van der Waals surface area contributed by atoms with Crippen LogP contribution in [0.1, 0.15) is 33.7 Å². The van der Waals surface area contributed by atoms with E-state index in [1.54, 1.807) is 12.1 Å². The van der Waals surface area contributed by atoms with E-state index in [1.807, 2.05) is 36.6 Å². The lowest BCUT2D eigenvalue weighted by atomic mass is 10.0. The molecule has 4 heterocycles.